The van der Waals surface area contributed by atoms with Crippen molar-refractivity contribution in [3.05, 3.63) is 59.7 Å². The Hall–Kier alpha value is -2.88. The van der Waals surface area contributed by atoms with Gasteiger partial charge in [0, 0.05) is 36.9 Å². The molecule has 4 rings (SSSR count). The molecule has 0 aliphatic carbocycles. The number of amides is 1. The summed E-state index contributed by atoms with van der Waals surface area (Å²) in [5.74, 6) is 1.51. The fourth-order valence-electron chi connectivity index (χ4n) is 3.91. The van der Waals surface area contributed by atoms with E-state index in [1.807, 2.05) is 24.3 Å². The maximum atomic E-state index is 12.8. The average molecular weight is 496 g/mol. The summed E-state index contributed by atoms with van der Waals surface area (Å²) in [4.78, 5) is 19.8. The monoisotopic (exact) mass is 495 g/mol. The zero-order valence-electron chi connectivity index (χ0n) is 20.3. The molecule has 2 heterocycles. The summed E-state index contributed by atoms with van der Waals surface area (Å²) in [6, 6.07) is 16.0. The predicted octanol–water partition coefficient (Wildman–Crippen LogP) is 3.85. The van der Waals surface area contributed by atoms with E-state index >= 15 is 0 Å². The Morgan fingerprint density at radius 2 is 1.91 bits per heavy atom. The van der Waals surface area contributed by atoms with Gasteiger partial charge in [-0.15, -0.1) is 5.10 Å². The molecule has 0 radical (unpaired) electrons. The lowest BCUT2D eigenvalue weighted by Gasteiger charge is -2.26. The van der Waals surface area contributed by atoms with Crippen molar-refractivity contribution in [2.24, 2.45) is 0 Å². The molecule has 9 heteroatoms. The summed E-state index contributed by atoms with van der Waals surface area (Å²) in [5.41, 5.74) is 3.19. The predicted molar refractivity (Wildman–Crippen MR) is 138 cm³/mol. The van der Waals surface area contributed by atoms with Gasteiger partial charge >= 0.3 is 0 Å². The van der Waals surface area contributed by atoms with Crippen LogP contribution in [0.2, 0.25) is 0 Å². The number of aryl methyl sites for hydroxylation is 1. The minimum atomic E-state index is -0.0886. The third kappa shape index (κ3) is 7.55. The molecule has 0 spiro atoms. The molecular formula is C26H33N5O3S. The second-order valence-electron chi connectivity index (χ2n) is 8.57. The smallest absolute Gasteiger partial charge is 0.221 e. The number of carbonyl (C=O) groups excluding carboxylic acids is 1. The zero-order valence-corrected chi connectivity index (χ0v) is 21.1. The molecule has 0 bridgehead atoms. The number of hydrogen-bond acceptors (Lipinski definition) is 7. The van der Waals surface area contributed by atoms with E-state index in [1.54, 1.807) is 7.11 Å². The molecule has 1 unspecified atom stereocenters. The number of nitrogens with one attached hydrogen (secondary N) is 2. The van der Waals surface area contributed by atoms with Gasteiger partial charge in [0.2, 0.25) is 11.1 Å². The molecule has 1 atom stereocenters. The lowest BCUT2D eigenvalue weighted by molar-refractivity contribution is -0.121. The number of nitrogens with zero attached hydrogens (tertiary/aromatic N) is 3. The van der Waals surface area contributed by atoms with Gasteiger partial charge in [0.05, 0.1) is 20.3 Å². The van der Waals surface area contributed by atoms with Crippen LogP contribution in [0, 0.1) is 6.92 Å². The Labute approximate surface area is 210 Å². The molecule has 2 N–H and O–H groups in total. The first-order valence-electron chi connectivity index (χ1n) is 12.0. The van der Waals surface area contributed by atoms with E-state index in [2.05, 4.69) is 56.6 Å². The molecule has 1 aromatic heterocycles. The minimum absolute atomic E-state index is 0.0379. The van der Waals surface area contributed by atoms with Crippen molar-refractivity contribution in [2.75, 3.05) is 46.5 Å². The van der Waals surface area contributed by atoms with Crippen LogP contribution < -0.4 is 10.1 Å². The van der Waals surface area contributed by atoms with Crippen LogP contribution in [0.3, 0.4) is 0 Å². The second kappa shape index (κ2) is 12.7. The van der Waals surface area contributed by atoms with Crippen molar-refractivity contribution in [1.29, 1.82) is 0 Å². The van der Waals surface area contributed by atoms with Crippen molar-refractivity contribution in [3.63, 3.8) is 0 Å². The molecule has 1 amide bonds. The molecule has 1 fully saturated rings. The maximum Gasteiger partial charge on any atom is 0.221 e. The summed E-state index contributed by atoms with van der Waals surface area (Å²) in [6.45, 7) is 7.23. The van der Waals surface area contributed by atoms with E-state index in [4.69, 9.17) is 9.47 Å². The molecule has 2 aromatic carbocycles. The Morgan fingerprint density at radius 3 is 2.63 bits per heavy atom. The highest BCUT2D eigenvalue weighted by molar-refractivity contribution is 7.99. The maximum absolute atomic E-state index is 12.8. The zero-order chi connectivity index (χ0) is 24.5. The number of benzene rings is 2. The van der Waals surface area contributed by atoms with Gasteiger partial charge in [0.25, 0.3) is 0 Å². The number of H-pyrrole nitrogens is 1. The van der Waals surface area contributed by atoms with Crippen LogP contribution >= 0.6 is 11.8 Å². The standard InChI is InChI=1S/C26H33N5O3S/c1-19-4-6-20(7-5-19)23(18-24(32)27-12-3-13-31-14-16-34-17-15-31)35-26-28-25(29-30-26)21-8-10-22(33-2)11-9-21/h4-11,23H,3,12-18H2,1-2H3,(H,27,32)(H,28,29,30). The molecule has 1 aliphatic rings. The largest absolute Gasteiger partial charge is 0.497 e. The van der Waals surface area contributed by atoms with Gasteiger partial charge in [0.15, 0.2) is 5.82 Å². The fraction of sp³-hybridized carbons (Fsp3) is 0.423. The van der Waals surface area contributed by atoms with E-state index in [-0.39, 0.29) is 11.2 Å². The first-order chi connectivity index (χ1) is 17.1. The highest BCUT2D eigenvalue weighted by atomic mass is 32.2. The number of aromatic nitrogens is 3. The first-order valence-corrected chi connectivity index (χ1v) is 12.9. The van der Waals surface area contributed by atoms with Gasteiger partial charge in [-0.05, 0) is 49.7 Å². The SMILES string of the molecule is COc1ccc(-c2nc(SC(CC(=O)NCCCN3CCOCC3)c3ccc(C)cc3)n[nH]2)cc1. The van der Waals surface area contributed by atoms with Gasteiger partial charge < -0.3 is 14.8 Å². The van der Waals surface area contributed by atoms with Gasteiger partial charge in [-0.1, -0.05) is 41.6 Å². The summed E-state index contributed by atoms with van der Waals surface area (Å²) in [7, 11) is 1.64. The van der Waals surface area contributed by atoms with E-state index in [1.165, 1.54) is 17.3 Å². The number of thioether (sulfide) groups is 1. The Kier molecular flexibility index (Phi) is 9.16. The number of morpholine rings is 1. The number of ether oxygens (including phenoxy) is 2. The van der Waals surface area contributed by atoms with Crippen LogP contribution in [0.15, 0.2) is 53.7 Å². The van der Waals surface area contributed by atoms with Gasteiger partial charge in [0.1, 0.15) is 5.75 Å². The van der Waals surface area contributed by atoms with Gasteiger partial charge in [-0.3, -0.25) is 14.8 Å². The van der Waals surface area contributed by atoms with Crippen molar-refractivity contribution in [2.45, 2.75) is 30.2 Å². The third-order valence-electron chi connectivity index (χ3n) is 5.97. The summed E-state index contributed by atoms with van der Waals surface area (Å²) >= 11 is 1.50. The first kappa shape index (κ1) is 25.2. The number of aromatic amines is 1. The van der Waals surface area contributed by atoms with Crippen LogP contribution in [0.1, 0.15) is 29.2 Å². The topological polar surface area (TPSA) is 92.4 Å². The molecule has 1 saturated heterocycles. The van der Waals surface area contributed by atoms with Crippen molar-refractivity contribution >= 4 is 17.7 Å². The molecular weight excluding hydrogens is 462 g/mol. The van der Waals surface area contributed by atoms with Crippen LogP contribution in [0.4, 0.5) is 0 Å². The van der Waals surface area contributed by atoms with Gasteiger partial charge in [-0.2, -0.15) is 0 Å². The highest BCUT2D eigenvalue weighted by Crippen LogP contribution is 2.37. The fourth-order valence-corrected chi connectivity index (χ4v) is 4.93. The molecule has 1 aliphatic heterocycles. The van der Waals surface area contributed by atoms with Crippen LogP contribution in [-0.2, 0) is 9.53 Å². The molecule has 3 aromatic rings. The number of methoxy groups -OCH3 is 1. The van der Waals surface area contributed by atoms with Crippen LogP contribution in [0.5, 0.6) is 5.75 Å². The number of carbonyl (C=O) groups is 1. The van der Waals surface area contributed by atoms with E-state index in [0.29, 0.717) is 23.9 Å². The highest BCUT2D eigenvalue weighted by Gasteiger charge is 2.20. The van der Waals surface area contributed by atoms with Gasteiger partial charge in [-0.25, -0.2) is 4.98 Å². The molecule has 0 saturated carbocycles. The molecule has 35 heavy (non-hydrogen) atoms. The lowest BCUT2D eigenvalue weighted by Crippen LogP contribution is -2.38. The molecule has 186 valence electrons. The second-order valence-corrected chi connectivity index (χ2v) is 9.74. The van der Waals surface area contributed by atoms with Crippen molar-refractivity contribution in [1.82, 2.24) is 25.4 Å². The number of rotatable bonds is 11. The van der Waals surface area contributed by atoms with E-state index < -0.39 is 0 Å². The lowest BCUT2D eigenvalue weighted by atomic mass is 10.1. The Bertz CT molecular complexity index is 1070. The van der Waals surface area contributed by atoms with E-state index in [0.717, 1.165) is 56.1 Å². The summed E-state index contributed by atoms with van der Waals surface area (Å²) in [6.07, 6.45) is 1.29. The normalized spacial score (nSPS) is 15.0. The van der Waals surface area contributed by atoms with Crippen molar-refractivity contribution < 1.29 is 14.3 Å². The Morgan fingerprint density at radius 1 is 1.17 bits per heavy atom. The summed E-state index contributed by atoms with van der Waals surface area (Å²) < 4.78 is 10.6. The molecule has 8 nitrogen and oxygen atoms in total. The van der Waals surface area contributed by atoms with E-state index in [9.17, 15) is 4.79 Å². The quantitative estimate of drug-likeness (QED) is 0.308. The Balaban J connectivity index is 1.36. The summed E-state index contributed by atoms with van der Waals surface area (Å²) in [5, 5.41) is 11.0. The van der Waals surface area contributed by atoms with Crippen LogP contribution in [0.25, 0.3) is 11.4 Å². The minimum Gasteiger partial charge on any atom is -0.497 e. The average Bonchev–Trinajstić information content (AvgIpc) is 3.36. The van der Waals surface area contributed by atoms with Crippen molar-refractivity contribution in [3.8, 4) is 17.1 Å². The third-order valence-corrected chi connectivity index (χ3v) is 7.09. The number of hydrogen-bond donors (Lipinski definition) is 2. The van der Waals surface area contributed by atoms with Crippen LogP contribution in [-0.4, -0.2) is 72.5 Å².